The van der Waals surface area contributed by atoms with Crippen LogP contribution in [0.3, 0.4) is 0 Å². The Balaban J connectivity index is 1.33. The normalized spacial score (nSPS) is 30.7. The Kier molecular flexibility index (Phi) is 4.95. The second-order valence-corrected chi connectivity index (χ2v) is 10.6. The fourth-order valence-corrected chi connectivity index (χ4v) is 5.94. The summed E-state index contributed by atoms with van der Waals surface area (Å²) in [5, 5.41) is 36.8. The summed E-state index contributed by atoms with van der Waals surface area (Å²) in [6.45, 7) is 4.88. The van der Waals surface area contributed by atoms with Crippen LogP contribution in [0.25, 0.3) is 0 Å². The molecule has 0 saturated carbocycles. The molecule has 1 amide bonds. The third-order valence-electron chi connectivity index (χ3n) is 7.92. The van der Waals surface area contributed by atoms with Gasteiger partial charge in [-0.2, -0.15) is 0 Å². The van der Waals surface area contributed by atoms with E-state index in [-0.39, 0.29) is 30.4 Å². The number of rotatable bonds is 4. The molecule has 0 aliphatic carbocycles. The van der Waals surface area contributed by atoms with Crippen LogP contribution >= 0.6 is 0 Å². The lowest BCUT2D eigenvalue weighted by molar-refractivity contribution is -0.230. The molecule has 5 heterocycles. The molecule has 14 nitrogen and oxygen atoms in total. The fourth-order valence-electron chi connectivity index (χ4n) is 5.94. The lowest BCUT2D eigenvalue weighted by Crippen LogP contribution is -2.78. The predicted octanol–water partition coefficient (Wildman–Crippen LogP) is -2.19. The van der Waals surface area contributed by atoms with Gasteiger partial charge in [0, 0.05) is 18.3 Å². The molecule has 196 valence electrons. The number of benzene rings is 1. The highest BCUT2D eigenvalue weighted by Gasteiger charge is 2.73. The molecule has 4 aliphatic heterocycles. The van der Waals surface area contributed by atoms with E-state index in [0.29, 0.717) is 17.9 Å². The summed E-state index contributed by atoms with van der Waals surface area (Å²) in [5.41, 5.74) is 11.8. The van der Waals surface area contributed by atoms with Gasteiger partial charge in [0.05, 0.1) is 24.9 Å². The molecule has 0 bridgehead atoms. The van der Waals surface area contributed by atoms with Crippen LogP contribution < -0.4 is 26.8 Å². The van der Waals surface area contributed by atoms with Crippen molar-refractivity contribution in [3.63, 3.8) is 0 Å². The largest absolute Gasteiger partial charge is 0.492 e. The number of aliphatic imine (C=N–C) groups is 2. The quantitative estimate of drug-likeness (QED) is 0.245. The molecule has 1 fully saturated rings. The number of nitrogens with two attached hydrogens (primary N) is 2. The zero-order chi connectivity index (χ0) is 26.2. The van der Waals surface area contributed by atoms with E-state index in [1.54, 1.807) is 23.0 Å². The number of fused-ring (bicyclic) bond motifs is 1. The minimum atomic E-state index is -2.53. The van der Waals surface area contributed by atoms with Gasteiger partial charge in [-0.25, -0.2) is 9.98 Å². The maximum absolute atomic E-state index is 13.5. The lowest BCUT2D eigenvalue weighted by atomic mass is 9.79. The third kappa shape index (κ3) is 3.28. The number of hydrogen-bond donors (Lipinski definition) is 6. The van der Waals surface area contributed by atoms with Crippen LogP contribution in [0.4, 0.5) is 0 Å². The smallest absolute Gasteiger partial charge is 0.255 e. The van der Waals surface area contributed by atoms with Crippen molar-refractivity contribution in [1.82, 2.24) is 30.5 Å². The molecule has 8 N–H and O–H groups in total. The number of aromatic nitrogens is 3. The number of ether oxygens (including phenoxy) is 1. The van der Waals surface area contributed by atoms with Crippen LogP contribution in [0.15, 0.2) is 40.6 Å². The minimum Gasteiger partial charge on any atom is -0.492 e. The van der Waals surface area contributed by atoms with Gasteiger partial charge in [-0.15, -0.1) is 5.10 Å². The maximum Gasteiger partial charge on any atom is 0.255 e. The highest BCUT2D eigenvalue weighted by atomic mass is 16.5. The second-order valence-electron chi connectivity index (χ2n) is 10.6. The molecule has 14 heteroatoms. The fraction of sp³-hybridized carbons (Fsp3) is 0.522. The number of para-hydroxylation sites is 1. The zero-order valence-electron chi connectivity index (χ0n) is 20.5. The molecule has 6 rings (SSSR count). The Morgan fingerprint density at radius 3 is 2.86 bits per heavy atom. The number of guanidine groups is 2. The number of hydrogen-bond acceptors (Lipinski definition) is 12. The summed E-state index contributed by atoms with van der Waals surface area (Å²) in [4.78, 5) is 24.0. The molecule has 4 aliphatic rings. The number of nitrogens with one attached hydrogen (secondary N) is 2. The predicted molar refractivity (Wildman–Crippen MR) is 131 cm³/mol. The van der Waals surface area contributed by atoms with Crippen molar-refractivity contribution in [3.8, 4) is 5.75 Å². The van der Waals surface area contributed by atoms with E-state index >= 15 is 0 Å². The average molecular weight is 511 g/mol. The van der Waals surface area contributed by atoms with Gasteiger partial charge in [-0.3, -0.25) is 9.48 Å². The van der Waals surface area contributed by atoms with Crippen LogP contribution in [0.1, 0.15) is 36.2 Å². The van der Waals surface area contributed by atoms with Crippen molar-refractivity contribution in [1.29, 1.82) is 0 Å². The summed E-state index contributed by atoms with van der Waals surface area (Å²) >= 11 is 0. The van der Waals surface area contributed by atoms with Gasteiger partial charge in [0.15, 0.2) is 17.6 Å². The average Bonchev–Trinajstić information content (AvgIpc) is 3.52. The van der Waals surface area contributed by atoms with Crippen molar-refractivity contribution in [2.75, 3.05) is 13.2 Å². The van der Waals surface area contributed by atoms with Crippen molar-refractivity contribution in [2.45, 2.75) is 61.8 Å². The molecule has 0 radical (unpaired) electrons. The van der Waals surface area contributed by atoms with Crippen LogP contribution in [-0.4, -0.2) is 90.7 Å². The first-order valence-corrected chi connectivity index (χ1v) is 12.1. The van der Waals surface area contributed by atoms with Gasteiger partial charge in [0.1, 0.15) is 23.9 Å². The summed E-state index contributed by atoms with van der Waals surface area (Å²) in [5.74, 6) is -2.46. The van der Waals surface area contributed by atoms with E-state index < -0.39 is 35.5 Å². The monoisotopic (exact) mass is 510 g/mol. The molecule has 1 spiro atoms. The van der Waals surface area contributed by atoms with E-state index in [0.717, 1.165) is 12.0 Å². The van der Waals surface area contributed by atoms with Crippen molar-refractivity contribution in [3.05, 3.63) is 41.7 Å². The molecular formula is C23H30N10O4. The van der Waals surface area contributed by atoms with Crippen molar-refractivity contribution >= 4 is 17.8 Å². The minimum absolute atomic E-state index is 0.00991. The standard InChI is InChI=1S/C23H30N10O4/c1-21(2)6-9-37-16-12(4-3-5-13(16)21)18(34)28-15-11-33-20(25)27-14(10-32-8-7-26-31-32)17-22(33,23(15,35)36)30-19(24)29-17/h3-5,7-8,14-15,17,35-36H,6,9-11H2,1-2H3,(H2,25,27)(H,28,34)(H3,24,29,30)/t14-,15+,17?,22?/m1/s1. The lowest BCUT2D eigenvalue weighted by Gasteiger charge is -2.48. The molecule has 1 saturated heterocycles. The third-order valence-corrected chi connectivity index (χ3v) is 7.92. The van der Waals surface area contributed by atoms with Crippen LogP contribution in [-0.2, 0) is 12.0 Å². The summed E-state index contributed by atoms with van der Waals surface area (Å²) < 4.78 is 7.44. The molecular weight excluding hydrogens is 480 g/mol. The highest BCUT2D eigenvalue weighted by Crippen LogP contribution is 2.45. The highest BCUT2D eigenvalue weighted by molar-refractivity contribution is 5.98. The summed E-state index contributed by atoms with van der Waals surface area (Å²) in [7, 11) is 0. The Bertz CT molecular complexity index is 1310. The topological polar surface area (TPSA) is 202 Å². The molecule has 2 aromatic rings. The van der Waals surface area contributed by atoms with E-state index in [2.05, 4.69) is 44.8 Å². The van der Waals surface area contributed by atoms with E-state index in [4.69, 9.17) is 16.2 Å². The first-order valence-electron chi connectivity index (χ1n) is 12.1. The summed E-state index contributed by atoms with van der Waals surface area (Å²) in [6, 6.07) is 2.78. The van der Waals surface area contributed by atoms with Crippen LogP contribution in [0.2, 0.25) is 0 Å². The number of carbonyl (C=O) groups excluding carboxylic acids is 1. The Morgan fingerprint density at radius 1 is 1.30 bits per heavy atom. The molecule has 1 aromatic carbocycles. The Hall–Kier alpha value is -3.91. The number of amides is 1. The maximum atomic E-state index is 13.5. The number of carbonyl (C=O) groups is 1. The molecule has 37 heavy (non-hydrogen) atoms. The van der Waals surface area contributed by atoms with Gasteiger partial charge in [-0.05, 0) is 17.9 Å². The van der Waals surface area contributed by atoms with E-state index in [1.165, 1.54) is 11.1 Å². The Labute approximate surface area is 212 Å². The molecule has 4 atom stereocenters. The van der Waals surface area contributed by atoms with Gasteiger partial charge >= 0.3 is 0 Å². The van der Waals surface area contributed by atoms with Gasteiger partial charge < -0.3 is 42.0 Å². The second kappa shape index (κ2) is 7.79. The van der Waals surface area contributed by atoms with Gasteiger partial charge in [-0.1, -0.05) is 31.2 Å². The SMILES string of the molecule is CC1(C)CCOc2c(C(=O)N[C@H]3CN4C(N)=N[C@H](Cn5ccnn5)C5N=C(N)NC54C3(O)O)cccc21. The Morgan fingerprint density at radius 2 is 2.11 bits per heavy atom. The van der Waals surface area contributed by atoms with Crippen molar-refractivity contribution < 1.29 is 19.7 Å². The van der Waals surface area contributed by atoms with Crippen LogP contribution in [0.5, 0.6) is 5.75 Å². The van der Waals surface area contributed by atoms with Crippen molar-refractivity contribution in [2.24, 2.45) is 21.5 Å². The van der Waals surface area contributed by atoms with Crippen LogP contribution in [0, 0.1) is 0 Å². The first kappa shape index (κ1) is 23.5. The zero-order valence-corrected chi connectivity index (χ0v) is 20.5. The summed E-state index contributed by atoms with van der Waals surface area (Å²) in [6.07, 6.45) is 4.01. The number of nitrogens with zero attached hydrogens (tertiary/aromatic N) is 6. The van der Waals surface area contributed by atoms with E-state index in [9.17, 15) is 15.0 Å². The molecule has 1 aromatic heterocycles. The number of aliphatic hydroxyl groups is 2. The first-order chi connectivity index (χ1) is 17.5. The molecule has 2 unspecified atom stereocenters. The van der Waals surface area contributed by atoms with Gasteiger partial charge in [0.2, 0.25) is 5.79 Å². The van der Waals surface area contributed by atoms with E-state index in [1.807, 2.05) is 6.07 Å². The van der Waals surface area contributed by atoms with Gasteiger partial charge in [0.25, 0.3) is 5.91 Å².